The molecule has 0 bridgehead atoms. The predicted molar refractivity (Wildman–Crippen MR) is 111 cm³/mol. The molecule has 1 aromatic carbocycles. The molecule has 14 nitrogen and oxygen atoms in total. The van der Waals surface area contributed by atoms with E-state index < -0.39 is 10.8 Å². The van der Waals surface area contributed by atoms with Gasteiger partial charge < -0.3 is 5.73 Å². The molecule has 1 aliphatic rings. The number of benzene rings is 1. The fourth-order valence-corrected chi connectivity index (χ4v) is 3.43. The van der Waals surface area contributed by atoms with Crippen molar-refractivity contribution in [3.8, 4) is 5.82 Å². The summed E-state index contributed by atoms with van der Waals surface area (Å²) in [4.78, 5) is 25.6. The summed E-state index contributed by atoms with van der Waals surface area (Å²) in [7, 11) is 0. The predicted octanol–water partition coefficient (Wildman–Crippen LogP) is 0.891. The number of carbonyl (C=O) groups excluding carboxylic acids is 1. The zero-order chi connectivity index (χ0) is 22.5. The normalized spacial score (nSPS) is 14.6. The van der Waals surface area contributed by atoms with Crippen LogP contribution < -0.4 is 11.2 Å². The third-order valence-corrected chi connectivity index (χ3v) is 5.00. The summed E-state index contributed by atoms with van der Waals surface area (Å²) in [6.45, 7) is 2.12. The lowest BCUT2D eigenvalue weighted by atomic mass is 10.1. The van der Waals surface area contributed by atoms with E-state index in [0.29, 0.717) is 12.2 Å². The molecule has 1 fully saturated rings. The van der Waals surface area contributed by atoms with Gasteiger partial charge in [-0.05, 0) is 42.3 Å². The Morgan fingerprint density at radius 3 is 2.78 bits per heavy atom. The first-order valence-corrected chi connectivity index (χ1v) is 9.86. The number of hydrazone groups is 1. The molecular weight excluding hydrogens is 420 g/mol. The van der Waals surface area contributed by atoms with Crippen LogP contribution in [0.3, 0.4) is 0 Å². The number of hydrogen-bond donors (Lipinski definition) is 2. The van der Waals surface area contributed by atoms with Gasteiger partial charge in [-0.2, -0.15) is 9.78 Å². The molecule has 4 rings (SSSR count). The molecule has 1 saturated heterocycles. The number of likely N-dealkylation sites (tertiary alicyclic amines) is 1. The van der Waals surface area contributed by atoms with Crippen molar-refractivity contribution in [1.82, 2.24) is 35.6 Å². The van der Waals surface area contributed by atoms with Crippen molar-refractivity contribution in [3.63, 3.8) is 0 Å². The molecule has 166 valence electrons. The second-order valence-corrected chi connectivity index (χ2v) is 7.12. The first-order chi connectivity index (χ1) is 15.5. The number of aromatic nitrogens is 5. The van der Waals surface area contributed by atoms with Crippen molar-refractivity contribution in [2.75, 3.05) is 18.8 Å². The molecule has 3 N–H and O–H groups in total. The molecule has 3 aromatic rings. The van der Waals surface area contributed by atoms with E-state index in [2.05, 4.69) is 40.7 Å². The van der Waals surface area contributed by atoms with E-state index in [1.165, 1.54) is 23.0 Å². The van der Waals surface area contributed by atoms with Crippen molar-refractivity contribution in [3.05, 3.63) is 51.3 Å². The van der Waals surface area contributed by atoms with Gasteiger partial charge in [0, 0.05) is 12.6 Å². The van der Waals surface area contributed by atoms with E-state index in [-0.39, 0.29) is 28.6 Å². The van der Waals surface area contributed by atoms with E-state index in [9.17, 15) is 14.9 Å². The van der Waals surface area contributed by atoms with Gasteiger partial charge in [0.1, 0.15) is 0 Å². The highest BCUT2D eigenvalue weighted by Gasteiger charge is 2.26. The van der Waals surface area contributed by atoms with E-state index in [1.54, 1.807) is 12.1 Å². The fraction of sp³-hybridized carbons (Fsp3) is 0.333. The molecule has 0 aliphatic carbocycles. The summed E-state index contributed by atoms with van der Waals surface area (Å²) in [6.07, 6.45) is 4.46. The van der Waals surface area contributed by atoms with Gasteiger partial charge in [0.25, 0.3) is 11.6 Å². The summed E-state index contributed by atoms with van der Waals surface area (Å²) in [6, 6.07) is 6.05. The SMILES string of the molecule is Nc1nonc1-n1nnc(C(=O)N/N=C/c2ccccc2[N+](=O)[O-])c1CN1CCCCC1. The highest BCUT2D eigenvalue weighted by molar-refractivity contribution is 5.94. The number of rotatable bonds is 7. The van der Waals surface area contributed by atoms with E-state index >= 15 is 0 Å². The number of carbonyl (C=O) groups is 1. The van der Waals surface area contributed by atoms with Crippen molar-refractivity contribution < 1.29 is 14.3 Å². The van der Waals surface area contributed by atoms with Crippen LogP contribution in [0.4, 0.5) is 11.5 Å². The van der Waals surface area contributed by atoms with Crippen LogP contribution in [0.5, 0.6) is 0 Å². The Labute approximate surface area is 181 Å². The Hall–Kier alpha value is -4.20. The fourth-order valence-electron chi connectivity index (χ4n) is 3.43. The van der Waals surface area contributed by atoms with Crippen LogP contribution in [-0.2, 0) is 6.54 Å². The molecule has 0 radical (unpaired) electrons. The number of nitrogens with zero attached hydrogens (tertiary/aromatic N) is 8. The number of nitrogens with one attached hydrogen (secondary N) is 1. The minimum absolute atomic E-state index is 0.0103. The van der Waals surface area contributed by atoms with Gasteiger partial charge in [-0.3, -0.25) is 19.8 Å². The average molecular weight is 440 g/mol. The van der Waals surface area contributed by atoms with Crippen molar-refractivity contribution in [2.24, 2.45) is 5.10 Å². The lowest BCUT2D eigenvalue weighted by molar-refractivity contribution is -0.385. The van der Waals surface area contributed by atoms with Crippen LogP contribution in [0.1, 0.15) is 41.0 Å². The van der Waals surface area contributed by atoms with Crippen LogP contribution in [0.2, 0.25) is 0 Å². The minimum Gasteiger partial charge on any atom is -0.378 e. The van der Waals surface area contributed by atoms with Crippen molar-refractivity contribution in [1.29, 1.82) is 0 Å². The second kappa shape index (κ2) is 9.30. The Kier molecular flexibility index (Phi) is 6.12. The number of nitrogens with two attached hydrogens (primary N) is 1. The summed E-state index contributed by atoms with van der Waals surface area (Å²) >= 11 is 0. The Morgan fingerprint density at radius 2 is 2.06 bits per heavy atom. The van der Waals surface area contributed by atoms with Crippen LogP contribution in [0, 0.1) is 10.1 Å². The van der Waals surface area contributed by atoms with Crippen molar-refractivity contribution in [2.45, 2.75) is 25.8 Å². The molecule has 0 unspecified atom stereocenters. The van der Waals surface area contributed by atoms with Gasteiger partial charge in [0.05, 0.1) is 22.4 Å². The van der Waals surface area contributed by atoms with Gasteiger partial charge >= 0.3 is 0 Å². The Bertz CT molecular complexity index is 1150. The standard InChI is InChI=1S/C18H20N10O4/c19-16-17(24-32-23-16)27-14(11-26-8-4-1-5-9-26)15(21-25-27)18(29)22-20-10-12-6-2-3-7-13(12)28(30)31/h2-3,6-7,10H,1,4-5,8-9,11H2,(H2,19,23)(H,22,29)/b20-10+. The zero-order valence-corrected chi connectivity index (χ0v) is 16.9. The Morgan fingerprint density at radius 1 is 1.28 bits per heavy atom. The maximum atomic E-state index is 12.8. The second-order valence-electron chi connectivity index (χ2n) is 7.12. The maximum Gasteiger partial charge on any atom is 0.293 e. The van der Waals surface area contributed by atoms with Gasteiger partial charge in [0.2, 0.25) is 11.6 Å². The molecular formula is C18H20N10O4. The molecule has 0 atom stereocenters. The highest BCUT2D eigenvalue weighted by atomic mass is 16.6. The highest BCUT2D eigenvalue weighted by Crippen LogP contribution is 2.20. The van der Waals surface area contributed by atoms with E-state index in [0.717, 1.165) is 32.4 Å². The lowest BCUT2D eigenvalue weighted by Gasteiger charge is -2.26. The number of nitro benzene ring substituents is 1. The molecule has 1 amide bonds. The van der Waals surface area contributed by atoms with Crippen molar-refractivity contribution >= 4 is 23.6 Å². The monoisotopic (exact) mass is 440 g/mol. The number of nitrogen functional groups attached to an aromatic ring is 1. The third-order valence-electron chi connectivity index (χ3n) is 5.00. The van der Waals surface area contributed by atoms with Gasteiger partial charge in [-0.1, -0.05) is 23.8 Å². The maximum absolute atomic E-state index is 12.8. The van der Waals surface area contributed by atoms with Crippen LogP contribution in [0.25, 0.3) is 5.82 Å². The van der Waals surface area contributed by atoms with Gasteiger partial charge in [0.15, 0.2) is 5.69 Å². The average Bonchev–Trinajstić information content (AvgIpc) is 3.40. The Balaban J connectivity index is 1.58. The lowest BCUT2D eigenvalue weighted by Crippen LogP contribution is -2.31. The zero-order valence-electron chi connectivity index (χ0n) is 16.9. The topological polar surface area (TPSA) is 183 Å². The van der Waals surface area contributed by atoms with E-state index in [4.69, 9.17) is 5.73 Å². The summed E-state index contributed by atoms with van der Waals surface area (Å²) in [5.74, 6) is -0.490. The van der Waals surface area contributed by atoms with Crippen LogP contribution in [0.15, 0.2) is 34.0 Å². The number of para-hydroxylation sites is 1. The summed E-state index contributed by atoms with van der Waals surface area (Å²) in [5, 5.41) is 30.2. The first-order valence-electron chi connectivity index (χ1n) is 9.86. The molecule has 0 spiro atoms. The summed E-state index contributed by atoms with van der Waals surface area (Å²) in [5.41, 5.74) is 8.74. The van der Waals surface area contributed by atoms with Gasteiger partial charge in [-0.25, -0.2) is 10.1 Å². The number of piperidine rings is 1. The van der Waals surface area contributed by atoms with E-state index in [1.807, 2.05) is 0 Å². The minimum atomic E-state index is -0.631. The molecule has 32 heavy (non-hydrogen) atoms. The molecule has 0 saturated carbocycles. The smallest absolute Gasteiger partial charge is 0.293 e. The quantitative estimate of drug-likeness (QED) is 0.304. The van der Waals surface area contributed by atoms with Crippen LogP contribution >= 0.6 is 0 Å². The first kappa shape index (κ1) is 21.0. The molecule has 1 aliphatic heterocycles. The molecule has 14 heteroatoms. The number of hydrogen-bond acceptors (Lipinski definition) is 11. The molecule has 2 aromatic heterocycles. The summed E-state index contributed by atoms with van der Waals surface area (Å²) < 4.78 is 5.97. The van der Waals surface area contributed by atoms with Gasteiger partial charge in [-0.15, -0.1) is 5.10 Å². The molecule has 3 heterocycles. The number of amides is 1. The number of anilines is 1. The third kappa shape index (κ3) is 4.44. The van der Waals surface area contributed by atoms with Crippen LogP contribution in [-0.4, -0.2) is 60.3 Å². The largest absolute Gasteiger partial charge is 0.378 e. The number of nitro groups is 1.